The zero-order chi connectivity index (χ0) is 16.9. The third kappa shape index (κ3) is 3.03. The van der Waals surface area contributed by atoms with Gasteiger partial charge in [-0.3, -0.25) is 0 Å². The molecule has 0 saturated carbocycles. The molecule has 0 atom stereocenters. The minimum absolute atomic E-state index is 0.143. The Balaban J connectivity index is 2.07. The van der Waals surface area contributed by atoms with Crippen LogP contribution in [0.1, 0.15) is 23.1 Å². The Morgan fingerprint density at radius 2 is 1.96 bits per heavy atom. The van der Waals surface area contributed by atoms with Gasteiger partial charge in [0, 0.05) is 18.8 Å². The molecule has 0 saturated heterocycles. The van der Waals surface area contributed by atoms with Crippen LogP contribution >= 0.6 is 0 Å². The fraction of sp³-hybridized carbons (Fsp3) is 0.263. The van der Waals surface area contributed by atoms with Crippen LogP contribution in [-0.2, 0) is 13.1 Å². The lowest BCUT2D eigenvalue weighted by molar-refractivity contribution is 0.292. The highest BCUT2D eigenvalue weighted by Gasteiger charge is 2.23. The maximum Gasteiger partial charge on any atom is 0.179 e. The van der Waals surface area contributed by atoms with E-state index >= 15 is 0 Å². The first-order valence-corrected chi connectivity index (χ1v) is 7.91. The number of hydrogen-bond acceptors (Lipinski definition) is 5. The third-order valence-corrected chi connectivity index (χ3v) is 4.20. The van der Waals surface area contributed by atoms with Crippen molar-refractivity contribution in [1.82, 2.24) is 4.90 Å². The number of nitriles is 2. The van der Waals surface area contributed by atoms with Gasteiger partial charge in [-0.05, 0) is 46.9 Å². The Labute approximate surface area is 141 Å². The molecule has 2 aromatic rings. The summed E-state index contributed by atoms with van der Waals surface area (Å²) in [6.45, 7) is 1.97. The maximum atomic E-state index is 9.41. The van der Waals surface area contributed by atoms with Crippen LogP contribution in [0.2, 0.25) is 0 Å². The highest BCUT2D eigenvalue weighted by atomic mass is 16.3. The van der Waals surface area contributed by atoms with Crippen molar-refractivity contribution in [1.29, 1.82) is 10.5 Å². The normalized spacial score (nSPS) is 12.4. The summed E-state index contributed by atoms with van der Waals surface area (Å²) in [6, 6.07) is 13.9. The molecule has 2 aromatic carbocycles. The SMILES string of the molecule is N#Cc1ccccc1-c1cc(NCCCO)cc2c1CN(C#N)C2. The van der Waals surface area contributed by atoms with Crippen molar-refractivity contribution < 1.29 is 5.11 Å². The molecular formula is C19H18N4O. The second-order valence-electron chi connectivity index (χ2n) is 5.78. The molecule has 0 aromatic heterocycles. The second-order valence-corrected chi connectivity index (χ2v) is 5.78. The number of benzene rings is 2. The molecule has 5 heteroatoms. The molecule has 3 rings (SSSR count). The topological polar surface area (TPSA) is 83.1 Å². The van der Waals surface area contributed by atoms with Crippen LogP contribution in [0.15, 0.2) is 36.4 Å². The average molecular weight is 318 g/mol. The average Bonchev–Trinajstić information content (AvgIpc) is 3.04. The lowest BCUT2D eigenvalue weighted by atomic mass is 9.93. The van der Waals surface area contributed by atoms with Gasteiger partial charge in [0.05, 0.1) is 24.7 Å². The predicted octanol–water partition coefficient (Wildman–Crippen LogP) is 2.82. The van der Waals surface area contributed by atoms with Gasteiger partial charge >= 0.3 is 0 Å². The van der Waals surface area contributed by atoms with E-state index in [0.717, 1.165) is 27.9 Å². The van der Waals surface area contributed by atoms with Crippen LogP contribution in [0.3, 0.4) is 0 Å². The third-order valence-electron chi connectivity index (χ3n) is 4.20. The van der Waals surface area contributed by atoms with Crippen LogP contribution in [0.25, 0.3) is 11.1 Å². The van der Waals surface area contributed by atoms with Crippen LogP contribution in [0.5, 0.6) is 0 Å². The molecule has 120 valence electrons. The summed E-state index contributed by atoms with van der Waals surface area (Å²) in [4.78, 5) is 1.71. The molecule has 0 bridgehead atoms. The molecule has 0 fully saturated rings. The lowest BCUT2D eigenvalue weighted by Crippen LogP contribution is -2.07. The molecule has 1 heterocycles. The van der Waals surface area contributed by atoms with Crippen molar-refractivity contribution in [3.8, 4) is 23.4 Å². The quantitative estimate of drug-likeness (QED) is 0.654. The Kier molecular flexibility index (Phi) is 4.65. The number of rotatable bonds is 5. The first kappa shape index (κ1) is 15.9. The molecule has 0 radical (unpaired) electrons. The van der Waals surface area contributed by atoms with Crippen molar-refractivity contribution in [2.45, 2.75) is 19.5 Å². The first-order valence-electron chi connectivity index (χ1n) is 7.91. The standard InChI is InChI=1S/C19H18N4O/c20-10-14-4-1-2-5-17(14)18-9-16(22-6-3-7-24)8-15-11-23(13-21)12-19(15)18/h1-2,4-5,8-9,22,24H,3,6-7,11-12H2. The zero-order valence-electron chi connectivity index (χ0n) is 13.3. The summed E-state index contributed by atoms with van der Waals surface area (Å²) < 4.78 is 0. The second kappa shape index (κ2) is 7.04. The minimum Gasteiger partial charge on any atom is -0.396 e. The van der Waals surface area contributed by atoms with E-state index in [-0.39, 0.29) is 6.61 Å². The van der Waals surface area contributed by atoms with Crippen LogP contribution < -0.4 is 5.32 Å². The Hall–Kier alpha value is -3.02. The van der Waals surface area contributed by atoms with Crippen LogP contribution in [0.4, 0.5) is 5.69 Å². The molecule has 1 aliphatic rings. The number of aliphatic hydroxyl groups excluding tert-OH is 1. The van der Waals surface area contributed by atoms with E-state index in [4.69, 9.17) is 5.11 Å². The van der Waals surface area contributed by atoms with Crippen molar-refractivity contribution in [2.75, 3.05) is 18.5 Å². The summed E-state index contributed by atoms with van der Waals surface area (Å²) in [7, 11) is 0. The molecule has 5 nitrogen and oxygen atoms in total. The smallest absolute Gasteiger partial charge is 0.179 e. The van der Waals surface area contributed by atoms with Gasteiger partial charge in [0.15, 0.2) is 6.19 Å². The number of fused-ring (bicyclic) bond motifs is 1. The van der Waals surface area contributed by atoms with Crippen molar-refractivity contribution >= 4 is 5.69 Å². The van der Waals surface area contributed by atoms with Crippen molar-refractivity contribution in [3.63, 3.8) is 0 Å². The van der Waals surface area contributed by atoms with Gasteiger partial charge in [0.2, 0.25) is 0 Å². The van der Waals surface area contributed by atoms with E-state index in [1.54, 1.807) is 4.90 Å². The van der Waals surface area contributed by atoms with Gasteiger partial charge in [-0.25, -0.2) is 0 Å². The van der Waals surface area contributed by atoms with E-state index < -0.39 is 0 Å². The number of hydrogen-bond donors (Lipinski definition) is 2. The molecular weight excluding hydrogens is 300 g/mol. The molecule has 0 spiro atoms. The van der Waals surface area contributed by atoms with Crippen LogP contribution in [-0.4, -0.2) is 23.2 Å². The number of nitrogens with zero attached hydrogens (tertiary/aromatic N) is 3. The van der Waals surface area contributed by atoms with Gasteiger partial charge < -0.3 is 15.3 Å². The minimum atomic E-state index is 0.143. The largest absolute Gasteiger partial charge is 0.396 e. The van der Waals surface area contributed by atoms with E-state index in [9.17, 15) is 10.5 Å². The number of aliphatic hydroxyl groups is 1. The van der Waals surface area contributed by atoms with Crippen LogP contribution in [0, 0.1) is 22.8 Å². The summed E-state index contributed by atoms with van der Waals surface area (Å²) in [5.41, 5.74) is 5.67. The number of nitrogens with one attached hydrogen (secondary N) is 1. The van der Waals surface area contributed by atoms with Gasteiger partial charge in [0.25, 0.3) is 0 Å². The fourth-order valence-electron chi connectivity index (χ4n) is 3.05. The predicted molar refractivity (Wildman–Crippen MR) is 91.6 cm³/mol. The van der Waals surface area contributed by atoms with Gasteiger partial charge in [-0.15, -0.1) is 0 Å². The number of anilines is 1. The van der Waals surface area contributed by atoms with E-state index in [2.05, 4.69) is 23.6 Å². The highest BCUT2D eigenvalue weighted by molar-refractivity contribution is 5.78. The summed E-state index contributed by atoms with van der Waals surface area (Å²) >= 11 is 0. The molecule has 1 aliphatic heterocycles. The van der Waals surface area contributed by atoms with Gasteiger partial charge in [-0.2, -0.15) is 10.5 Å². The molecule has 0 aliphatic carbocycles. The highest BCUT2D eigenvalue weighted by Crippen LogP contribution is 2.36. The first-order chi connectivity index (χ1) is 11.8. The van der Waals surface area contributed by atoms with Crippen molar-refractivity contribution in [3.05, 3.63) is 53.1 Å². The Morgan fingerprint density at radius 1 is 1.12 bits per heavy atom. The van der Waals surface area contributed by atoms with Crippen molar-refractivity contribution in [2.24, 2.45) is 0 Å². The molecule has 2 N–H and O–H groups in total. The summed E-state index contributed by atoms with van der Waals surface area (Å²) in [6.07, 6.45) is 2.88. The van der Waals surface area contributed by atoms with E-state index in [1.165, 1.54) is 0 Å². The molecule has 24 heavy (non-hydrogen) atoms. The van der Waals surface area contributed by atoms with E-state index in [1.807, 2.05) is 30.3 Å². The molecule has 0 unspecified atom stereocenters. The summed E-state index contributed by atoms with van der Waals surface area (Å²) in [5, 5.41) is 30.9. The lowest BCUT2D eigenvalue weighted by Gasteiger charge is -2.14. The summed E-state index contributed by atoms with van der Waals surface area (Å²) in [5.74, 6) is 0. The maximum absolute atomic E-state index is 9.41. The zero-order valence-corrected chi connectivity index (χ0v) is 13.3. The van der Waals surface area contributed by atoms with E-state index in [0.29, 0.717) is 31.6 Å². The van der Waals surface area contributed by atoms with Gasteiger partial charge in [0.1, 0.15) is 0 Å². The Morgan fingerprint density at radius 3 is 2.71 bits per heavy atom. The Bertz CT molecular complexity index is 832. The van der Waals surface area contributed by atoms with Gasteiger partial charge in [-0.1, -0.05) is 18.2 Å². The fourth-order valence-corrected chi connectivity index (χ4v) is 3.05. The molecule has 0 amide bonds. The monoisotopic (exact) mass is 318 g/mol.